The van der Waals surface area contributed by atoms with Crippen LogP contribution >= 0.6 is 0 Å². The molecule has 0 bridgehead atoms. The summed E-state index contributed by atoms with van der Waals surface area (Å²) < 4.78 is 5.47. The van der Waals surface area contributed by atoms with Crippen LogP contribution in [0.15, 0.2) is 27.4 Å². The Morgan fingerprint density at radius 1 is 1.18 bits per heavy atom. The predicted molar refractivity (Wildman–Crippen MR) is 90.2 cm³/mol. The van der Waals surface area contributed by atoms with Gasteiger partial charge in [0.1, 0.15) is 5.58 Å². The number of aryl methyl sites for hydroxylation is 2. The molecular weight excluding hydrogens is 274 g/mol. The molecule has 0 unspecified atom stereocenters. The lowest BCUT2D eigenvalue weighted by Crippen LogP contribution is -2.38. The smallest absolute Gasteiger partial charge is 0.336 e. The van der Waals surface area contributed by atoms with Crippen molar-refractivity contribution >= 4 is 11.0 Å². The molecule has 0 radical (unpaired) electrons. The summed E-state index contributed by atoms with van der Waals surface area (Å²) >= 11 is 0. The lowest BCUT2D eigenvalue weighted by molar-refractivity contribution is 0.134. The molecule has 0 saturated carbocycles. The molecule has 2 atom stereocenters. The van der Waals surface area contributed by atoms with Gasteiger partial charge in [-0.1, -0.05) is 26.0 Å². The Bertz CT molecular complexity index is 737. The first-order valence-corrected chi connectivity index (χ1v) is 8.19. The average molecular weight is 299 g/mol. The summed E-state index contributed by atoms with van der Waals surface area (Å²) in [5.41, 5.74) is 3.83. The molecule has 0 spiro atoms. The van der Waals surface area contributed by atoms with Gasteiger partial charge in [0.25, 0.3) is 0 Å². The fourth-order valence-electron chi connectivity index (χ4n) is 3.82. The highest BCUT2D eigenvalue weighted by molar-refractivity contribution is 5.83. The van der Waals surface area contributed by atoms with Crippen LogP contribution in [0.3, 0.4) is 0 Å². The molecule has 22 heavy (non-hydrogen) atoms. The fraction of sp³-hybridized carbons (Fsp3) is 0.526. The maximum atomic E-state index is 12.0. The molecule has 2 heterocycles. The van der Waals surface area contributed by atoms with Crippen molar-refractivity contribution in [1.29, 1.82) is 0 Å². The van der Waals surface area contributed by atoms with E-state index in [1.54, 1.807) is 6.07 Å². The minimum Gasteiger partial charge on any atom is -0.422 e. The highest BCUT2D eigenvalue weighted by Gasteiger charge is 2.22. The normalized spacial score (nSPS) is 23.1. The highest BCUT2D eigenvalue weighted by atomic mass is 16.4. The maximum absolute atomic E-state index is 12.0. The Hall–Kier alpha value is -1.61. The lowest BCUT2D eigenvalue weighted by atomic mass is 9.91. The zero-order valence-electron chi connectivity index (χ0n) is 14.0. The van der Waals surface area contributed by atoms with Gasteiger partial charge in [-0.2, -0.15) is 0 Å². The van der Waals surface area contributed by atoms with E-state index < -0.39 is 0 Å². The van der Waals surface area contributed by atoms with Gasteiger partial charge < -0.3 is 4.42 Å². The molecule has 1 aromatic carbocycles. The third kappa shape index (κ3) is 2.95. The van der Waals surface area contributed by atoms with Gasteiger partial charge in [-0.3, -0.25) is 4.90 Å². The Morgan fingerprint density at radius 2 is 1.86 bits per heavy atom. The number of hydrogen-bond donors (Lipinski definition) is 0. The first-order valence-electron chi connectivity index (χ1n) is 8.19. The summed E-state index contributed by atoms with van der Waals surface area (Å²) in [6.45, 7) is 11.7. The number of nitrogens with zero attached hydrogens (tertiary/aromatic N) is 1. The van der Waals surface area contributed by atoms with Gasteiger partial charge in [-0.15, -0.1) is 0 Å². The quantitative estimate of drug-likeness (QED) is 0.789. The number of hydrogen-bond acceptors (Lipinski definition) is 3. The van der Waals surface area contributed by atoms with Crippen molar-refractivity contribution in [3.05, 3.63) is 45.3 Å². The zero-order valence-corrected chi connectivity index (χ0v) is 14.0. The molecule has 118 valence electrons. The van der Waals surface area contributed by atoms with Crippen LogP contribution in [0.25, 0.3) is 11.0 Å². The van der Waals surface area contributed by atoms with Crippen molar-refractivity contribution in [1.82, 2.24) is 4.90 Å². The molecule has 0 amide bonds. The second-order valence-electron chi connectivity index (χ2n) is 7.11. The molecule has 3 nitrogen and oxygen atoms in total. The van der Waals surface area contributed by atoms with Crippen molar-refractivity contribution in [3.8, 4) is 0 Å². The topological polar surface area (TPSA) is 33.5 Å². The molecule has 3 heteroatoms. The van der Waals surface area contributed by atoms with Crippen molar-refractivity contribution in [2.24, 2.45) is 11.8 Å². The Kier molecular flexibility index (Phi) is 4.09. The van der Waals surface area contributed by atoms with Crippen molar-refractivity contribution in [2.45, 2.75) is 40.7 Å². The predicted octanol–water partition coefficient (Wildman–Crippen LogP) is 3.89. The van der Waals surface area contributed by atoms with E-state index in [-0.39, 0.29) is 5.63 Å². The summed E-state index contributed by atoms with van der Waals surface area (Å²) in [6.07, 6.45) is 1.30. The number of benzene rings is 1. The minimum atomic E-state index is -0.241. The molecule has 1 aliphatic rings. The average Bonchev–Trinajstić information content (AvgIpc) is 2.42. The summed E-state index contributed by atoms with van der Waals surface area (Å²) in [6, 6.07) is 5.87. The third-order valence-corrected chi connectivity index (χ3v) is 4.86. The SMILES string of the molecule is Cc1ccc2c(CN3C[C@@H](C)C[C@H](C)C3)cc(=O)oc2c1C. The van der Waals surface area contributed by atoms with E-state index >= 15 is 0 Å². The number of fused-ring (bicyclic) bond motifs is 1. The van der Waals surface area contributed by atoms with Crippen LogP contribution in [0, 0.1) is 25.7 Å². The van der Waals surface area contributed by atoms with Crippen LogP contribution in [0.4, 0.5) is 0 Å². The van der Waals surface area contributed by atoms with Crippen LogP contribution in [-0.2, 0) is 6.54 Å². The first-order chi connectivity index (χ1) is 10.4. The molecule has 0 N–H and O–H groups in total. The van der Waals surface area contributed by atoms with Gasteiger partial charge in [0, 0.05) is 31.1 Å². The second kappa shape index (κ2) is 5.88. The molecule has 3 rings (SSSR count). The van der Waals surface area contributed by atoms with Gasteiger partial charge in [-0.05, 0) is 48.8 Å². The van der Waals surface area contributed by atoms with Crippen LogP contribution < -0.4 is 5.63 Å². The van der Waals surface area contributed by atoms with Crippen molar-refractivity contribution < 1.29 is 4.42 Å². The van der Waals surface area contributed by atoms with Crippen LogP contribution in [0.2, 0.25) is 0 Å². The number of piperidine rings is 1. The van der Waals surface area contributed by atoms with Gasteiger partial charge in [-0.25, -0.2) is 4.79 Å². The Balaban J connectivity index is 2.00. The summed E-state index contributed by atoms with van der Waals surface area (Å²) in [5, 5.41) is 1.08. The Morgan fingerprint density at radius 3 is 2.55 bits per heavy atom. The number of likely N-dealkylation sites (tertiary alicyclic amines) is 1. The molecule has 0 aliphatic carbocycles. The molecule has 2 aromatic rings. The first kappa shape index (κ1) is 15.3. The number of rotatable bonds is 2. The van der Waals surface area contributed by atoms with E-state index in [4.69, 9.17) is 4.42 Å². The highest BCUT2D eigenvalue weighted by Crippen LogP contribution is 2.27. The van der Waals surface area contributed by atoms with E-state index in [9.17, 15) is 4.79 Å². The standard InChI is InChI=1S/C19H25NO2/c1-12-7-13(2)10-20(9-12)11-16-8-18(21)22-19-15(4)14(3)5-6-17(16)19/h5-6,8,12-13H,7,9-11H2,1-4H3/t12-,13-/m0/s1. The van der Waals surface area contributed by atoms with E-state index in [2.05, 4.69) is 37.8 Å². The zero-order chi connectivity index (χ0) is 15.9. The van der Waals surface area contributed by atoms with Gasteiger partial charge in [0.15, 0.2) is 0 Å². The maximum Gasteiger partial charge on any atom is 0.336 e. The van der Waals surface area contributed by atoms with Crippen LogP contribution in [-0.4, -0.2) is 18.0 Å². The van der Waals surface area contributed by atoms with Crippen molar-refractivity contribution in [2.75, 3.05) is 13.1 Å². The third-order valence-electron chi connectivity index (χ3n) is 4.86. The van der Waals surface area contributed by atoms with Crippen molar-refractivity contribution in [3.63, 3.8) is 0 Å². The fourth-order valence-corrected chi connectivity index (χ4v) is 3.82. The van der Waals surface area contributed by atoms with Gasteiger partial charge in [0.05, 0.1) is 0 Å². The molecule has 1 fully saturated rings. The van der Waals surface area contributed by atoms with E-state index in [0.29, 0.717) is 0 Å². The van der Waals surface area contributed by atoms with E-state index in [0.717, 1.165) is 59.1 Å². The van der Waals surface area contributed by atoms with Gasteiger partial charge in [0.2, 0.25) is 0 Å². The molecular formula is C19H25NO2. The summed E-state index contributed by atoms with van der Waals surface area (Å²) in [5.74, 6) is 1.44. The minimum absolute atomic E-state index is 0.241. The van der Waals surface area contributed by atoms with Crippen LogP contribution in [0.1, 0.15) is 37.0 Å². The molecule has 1 aromatic heterocycles. The summed E-state index contributed by atoms with van der Waals surface area (Å²) in [4.78, 5) is 14.4. The monoisotopic (exact) mass is 299 g/mol. The van der Waals surface area contributed by atoms with Gasteiger partial charge >= 0.3 is 5.63 Å². The molecule has 1 saturated heterocycles. The second-order valence-corrected chi connectivity index (χ2v) is 7.11. The largest absolute Gasteiger partial charge is 0.422 e. The molecule has 1 aliphatic heterocycles. The van der Waals surface area contributed by atoms with E-state index in [1.165, 1.54) is 6.42 Å². The summed E-state index contributed by atoms with van der Waals surface area (Å²) in [7, 11) is 0. The van der Waals surface area contributed by atoms with Crippen LogP contribution in [0.5, 0.6) is 0 Å². The Labute approximate surface area is 131 Å². The lowest BCUT2D eigenvalue weighted by Gasteiger charge is -2.35. The van der Waals surface area contributed by atoms with E-state index in [1.807, 2.05) is 6.92 Å².